The van der Waals surface area contributed by atoms with E-state index in [-0.39, 0.29) is 11.3 Å². The third-order valence-electron chi connectivity index (χ3n) is 2.26. The summed E-state index contributed by atoms with van der Waals surface area (Å²) in [6.07, 6.45) is -4.54. The van der Waals surface area contributed by atoms with Crippen molar-refractivity contribution in [2.45, 2.75) is 25.6 Å². The summed E-state index contributed by atoms with van der Waals surface area (Å²) in [5, 5.41) is 9.76. The summed E-state index contributed by atoms with van der Waals surface area (Å²) < 4.78 is 43.7. The van der Waals surface area contributed by atoms with E-state index in [0.29, 0.717) is 4.47 Å². The maximum absolute atomic E-state index is 12.8. The minimum atomic E-state index is -4.54. The molecule has 0 atom stereocenters. The van der Waals surface area contributed by atoms with Crippen molar-refractivity contribution in [3.8, 4) is 5.75 Å². The number of rotatable bonds is 2. The van der Waals surface area contributed by atoms with Gasteiger partial charge >= 0.3 is 6.18 Å². The number of alkyl halides is 3. The molecule has 0 radical (unpaired) electrons. The topological polar surface area (TPSA) is 29.5 Å². The van der Waals surface area contributed by atoms with Gasteiger partial charge in [0.15, 0.2) is 0 Å². The predicted octanol–water partition coefficient (Wildman–Crippen LogP) is 3.70. The van der Waals surface area contributed by atoms with E-state index in [4.69, 9.17) is 4.74 Å². The van der Waals surface area contributed by atoms with Crippen LogP contribution < -0.4 is 4.74 Å². The fourth-order valence-electron chi connectivity index (χ4n) is 1.45. The van der Waals surface area contributed by atoms with Crippen LogP contribution in [0.4, 0.5) is 13.2 Å². The summed E-state index contributed by atoms with van der Waals surface area (Å²) >= 11 is 3.10. The van der Waals surface area contributed by atoms with Crippen LogP contribution in [0.15, 0.2) is 16.6 Å². The van der Waals surface area contributed by atoms with Crippen molar-refractivity contribution in [3.05, 3.63) is 27.7 Å². The zero-order chi connectivity index (χ0) is 13.4. The van der Waals surface area contributed by atoms with Crippen LogP contribution in [-0.2, 0) is 11.8 Å². The van der Waals surface area contributed by atoms with E-state index in [0.717, 1.165) is 6.07 Å². The molecule has 0 fully saturated rings. The number of aliphatic hydroxyl groups is 1. The first kappa shape index (κ1) is 14.3. The van der Waals surface area contributed by atoms with E-state index >= 15 is 0 Å². The van der Waals surface area contributed by atoms with Gasteiger partial charge in [0.2, 0.25) is 0 Å². The minimum Gasteiger partial charge on any atom is -0.496 e. The minimum absolute atomic E-state index is 0.0744. The Kier molecular flexibility index (Phi) is 3.78. The van der Waals surface area contributed by atoms with E-state index in [9.17, 15) is 18.3 Å². The molecule has 0 aromatic heterocycles. The molecular weight excluding hydrogens is 301 g/mol. The van der Waals surface area contributed by atoms with Gasteiger partial charge in [0.25, 0.3) is 0 Å². The van der Waals surface area contributed by atoms with Crippen LogP contribution in [-0.4, -0.2) is 12.2 Å². The predicted molar refractivity (Wildman–Crippen MR) is 60.9 cm³/mol. The number of benzene rings is 1. The highest BCUT2D eigenvalue weighted by Gasteiger charge is 2.38. The van der Waals surface area contributed by atoms with Crippen LogP contribution in [0.1, 0.15) is 25.0 Å². The molecule has 1 rings (SSSR count). The second kappa shape index (κ2) is 4.49. The monoisotopic (exact) mass is 312 g/mol. The number of halogens is 4. The van der Waals surface area contributed by atoms with Gasteiger partial charge in [-0.3, -0.25) is 0 Å². The Labute approximate surface area is 106 Å². The van der Waals surface area contributed by atoms with Gasteiger partial charge in [-0.1, -0.05) is 0 Å². The zero-order valence-electron chi connectivity index (χ0n) is 9.52. The second-order valence-electron chi connectivity index (χ2n) is 4.09. The van der Waals surface area contributed by atoms with Gasteiger partial charge in [0, 0.05) is 0 Å². The number of ether oxygens (including phenoxy) is 1. The molecule has 1 aromatic rings. The summed E-state index contributed by atoms with van der Waals surface area (Å²) in [4.78, 5) is 0. The number of hydrogen-bond donors (Lipinski definition) is 1. The molecule has 0 aliphatic carbocycles. The van der Waals surface area contributed by atoms with Crippen molar-refractivity contribution in [2.75, 3.05) is 7.11 Å². The van der Waals surface area contributed by atoms with Crippen molar-refractivity contribution >= 4 is 15.9 Å². The van der Waals surface area contributed by atoms with Crippen molar-refractivity contribution < 1.29 is 23.0 Å². The molecule has 17 heavy (non-hydrogen) atoms. The smallest absolute Gasteiger partial charge is 0.416 e. The van der Waals surface area contributed by atoms with Crippen LogP contribution in [0.5, 0.6) is 5.75 Å². The fraction of sp³-hybridized carbons (Fsp3) is 0.455. The standard InChI is InChI=1S/C11H12BrF3O2/c1-10(2,16)6-4-8(12)9(17-3)5-7(6)11(13,14)15/h4-5,16H,1-3H3. The van der Waals surface area contributed by atoms with E-state index in [1.165, 1.54) is 27.0 Å². The van der Waals surface area contributed by atoms with Gasteiger partial charge in [-0.15, -0.1) is 0 Å². The van der Waals surface area contributed by atoms with E-state index in [1.807, 2.05) is 0 Å². The van der Waals surface area contributed by atoms with E-state index in [1.54, 1.807) is 0 Å². The molecule has 1 aromatic carbocycles. The molecule has 0 aliphatic rings. The lowest BCUT2D eigenvalue weighted by atomic mass is 9.92. The normalized spacial score (nSPS) is 12.7. The molecule has 0 saturated carbocycles. The molecule has 2 nitrogen and oxygen atoms in total. The SMILES string of the molecule is COc1cc(C(F)(F)F)c(C(C)(C)O)cc1Br. The molecule has 6 heteroatoms. The Balaban J connectivity index is 3.54. The summed E-state index contributed by atoms with van der Waals surface area (Å²) in [5.41, 5.74) is -2.68. The molecule has 96 valence electrons. The molecule has 0 saturated heterocycles. The van der Waals surface area contributed by atoms with Gasteiger partial charge in [0.1, 0.15) is 5.75 Å². The highest BCUT2D eigenvalue weighted by Crippen LogP contribution is 2.41. The third kappa shape index (κ3) is 3.13. The average Bonchev–Trinajstić information content (AvgIpc) is 2.14. The lowest BCUT2D eigenvalue weighted by molar-refractivity contribution is -0.140. The van der Waals surface area contributed by atoms with Gasteiger partial charge < -0.3 is 9.84 Å². The quantitative estimate of drug-likeness (QED) is 0.902. The fourth-order valence-corrected chi connectivity index (χ4v) is 1.96. The average molecular weight is 313 g/mol. The van der Waals surface area contributed by atoms with Crippen molar-refractivity contribution in [1.29, 1.82) is 0 Å². The van der Waals surface area contributed by atoms with Crippen LogP contribution in [0, 0.1) is 0 Å². The maximum atomic E-state index is 12.8. The van der Waals surface area contributed by atoms with Gasteiger partial charge in [0.05, 0.1) is 22.7 Å². The molecule has 0 heterocycles. The molecule has 0 amide bonds. The highest BCUT2D eigenvalue weighted by atomic mass is 79.9. The number of methoxy groups -OCH3 is 1. The first-order chi connectivity index (χ1) is 7.57. The van der Waals surface area contributed by atoms with Crippen molar-refractivity contribution in [3.63, 3.8) is 0 Å². The Morgan fingerprint density at radius 3 is 2.06 bits per heavy atom. The summed E-state index contributed by atoms with van der Waals surface area (Å²) in [6, 6.07) is 2.10. The van der Waals surface area contributed by atoms with Gasteiger partial charge in [-0.2, -0.15) is 13.2 Å². The maximum Gasteiger partial charge on any atom is 0.416 e. The Morgan fingerprint density at radius 2 is 1.71 bits per heavy atom. The molecule has 0 unspecified atom stereocenters. The van der Waals surface area contributed by atoms with Gasteiger partial charge in [-0.25, -0.2) is 0 Å². The summed E-state index contributed by atoms with van der Waals surface area (Å²) in [5.74, 6) is 0.0744. The summed E-state index contributed by atoms with van der Waals surface area (Å²) in [7, 11) is 1.28. The first-order valence-corrected chi connectivity index (χ1v) is 5.54. The number of hydrogen-bond acceptors (Lipinski definition) is 2. The van der Waals surface area contributed by atoms with Crippen LogP contribution in [0.3, 0.4) is 0 Å². The second-order valence-corrected chi connectivity index (χ2v) is 4.94. The molecule has 0 spiro atoms. The molecule has 0 bridgehead atoms. The third-order valence-corrected chi connectivity index (χ3v) is 2.88. The Bertz CT molecular complexity index is 422. The van der Waals surface area contributed by atoms with Gasteiger partial charge in [-0.05, 0) is 47.5 Å². The van der Waals surface area contributed by atoms with Crippen LogP contribution in [0.2, 0.25) is 0 Å². The van der Waals surface area contributed by atoms with E-state index in [2.05, 4.69) is 15.9 Å². The summed E-state index contributed by atoms with van der Waals surface area (Å²) in [6.45, 7) is 2.60. The van der Waals surface area contributed by atoms with Crippen molar-refractivity contribution in [2.24, 2.45) is 0 Å². The molecule has 0 aliphatic heterocycles. The van der Waals surface area contributed by atoms with Crippen molar-refractivity contribution in [1.82, 2.24) is 0 Å². The van der Waals surface area contributed by atoms with Crippen LogP contribution >= 0.6 is 15.9 Å². The zero-order valence-corrected chi connectivity index (χ0v) is 11.1. The first-order valence-electron chi connectivity index (χ1n) is 4.75. The molecular formula is C11H12BrF3O2. The Morgan fingerprint density at radius 1 is 1.18 bits per heavy atom. The Hall–Kier alpha value is -0.750. The largest absolute Gasteiger partial charge is 0.496 e. The lowest BCUT2D eigenvalue weighted by Gasteiger charge is -2.24. The van der Waals surface area contributed by atoms with E-state index < -0.39 is 17.3 Å². The molecule has 1 N–H and O–H groups in total. The highest BCUT2D eigenvalue weighted by molar-refractivity contribution is 9.10. The van der Waals surface area contributed by atoms with Crippen LogP contribution in [0.25, 0.3) is 0 Å². The lowest BCUT2D eigenvalue weighted by Crippen LogP contribution is -2.22.